The monoisotopic (exact) mass is 336 g/mol. The average molecular weight is 337 g/mol. The fourth-order valence-electron chi connectivity index (χ4n) is 3.40. The molecule has 1 aromatic heterocycles. The molecule has 2 aromatic rings. The van der Waals surface area contributed by atoms with Gasteiger partial charge in [0.2, 0.25) is 0 Å². The molecule has 0 spiro atoms. The van der Waals surface area contributed by atoms with E-state index in [4.69, 9.17) is 0 Å². The third kappa shape index (κ3) is 2.41. The van der Waals surface area contributed by atoms with Gasteiger partial charge in [-0.15, -0.1) is 0 Å². The molecule has 20 heavy (non-hydrogen) atoms. The van der Waals surface area contributed by atoms with Crippen molar-refractivity contribution in [1.82, 2.24) is 9.47 Å². The first kappa shape index (κ1) is 14.1. The summed E-state index contributed by atoms with van der Waals surface area (Å²) in [4.78, 5) is 2.33. The van der Waals surface area contributed by atoms with Gasteiger partial charge in [-0.05, 0) is 43.1 Å². The molecular formula is C16H21BrN2O. The Hall–Kier alpha value is -0.840. The summed E-state index contributed by atoms with van der Waals surface area (Å²) in [7, 11) is 4.30. The second-order valence-electron chi connectivity index (χ2n) is 5.91. The Morgan fingerprint density at radius 3 is 2.90 bits per heavy atom. The number of likely N-dealkylation sites (N-methyl/N-ethyl adjacent to an activating group) is 1. The molecule has 2 heterocycles. The van der Waals surface area contributed by atoms with Crippen molar-refractivity contribution in [2.75, 3.05) is 26.7 Å². The lowest BCUT2D eigenvalue weighted by Gasteiger charge is -2.26. The Morgan fingerprint density at radius 1 is 1.35 bits per heavy atom. The summed E-state index contributed by atoms with van der Waals surface area (Å²) in [6.07, 6.45) is 2.04. The van der Waals surface area contributed by atoms with Crippen molar-refractivity contribution in [1.29, 1.82) is 0 Å². The summed E-state index contributed by atoms with van der Waals surface area (Å²) >= 11 is 3.58. The van der Waals surface area contributed by atoms with Crippen molar-refractivity contribution in [3.05, 3.63) is 33.9 Å². The van der Waals surface area contributed by atoms with Crippen LogP contribution in [0.2, 0.25) is 0 Å². The van der Waals surface area contributed by atoms with Crippen LogP contribution in [0, 0.1) is 5.92 Å². The maximum Gasteiger partial charge on any atom is 0.0483 e. The van der Waals surface area contributed by atoms with Gasteiger partial charge < -0.3 is 14.6 Å². The second kappa shape index (κ2) is 5.51. The molecule has 0 amide bonds. The number of halogens is 1. The Morgan fingerprint density at radius 2 is 2.15 bits per heavy atom. The first-order valence-electron chi connectivity index (χ1n) is 7.15. The molecule has 1 aliphatic heterocycles. The van der Waals surface area contributed by atoms with Crippen LogP contribution < -0.4 is 0 Å². The fourth-order valence-corrected chi connectivity index (χ4v) is 3.76. The van der Waals surface area contributed by atoms with Gasteiger partial charge in [-0.25, -0.2) is 0 Å². The maximum absolute atomic E-state index is 9.64. The lowest BCUT2D eigenvalue weighted by molar-refractivity contribution is 0.176. The summed E-state index contributed by atoms with van der Waals surface area (Å²) in [5.41, 5.74) is 4.14. The number of nitrogens with zero attached hydrogens (tertiary/aromatic N) is 2. The van der Waals surface area contributed by atoms with E-state index in [1.165, 1.54) is 22.2 Å². The third-order valence-corrected chi connectivity index (χ3v) is 4.94. The van der Waals surface area contributed by atoms with E-state index in [0.717, 1.165) is 30.4 Å². The molecule has 1 N–H and O–H groups in total. The summed E-state index contributed by atoms with van der Waals surface area (Å²) < 4.78 is 3.45. The minimum atomic E-state index is 0.258. The van der Waals surface area contributed by atoms with Crippen molar-refractivity contribution >= 4 is 26.8 Å². The first-order valence-corrected chi connectivity index (χ1v) is 7.94. The number of aliphatic hydroxyl groups excluding tert-OH is 1. The number of aliphatic hydroxyl groups is 1. The molecule has 0 saturated carbocycles. The van der Waals surface area contributed by atoms with Gasteiger partial charge in [0, 0.05) is 54.2 Å². The van der Waals surface area contributed by atoms with E-state index in [1.54, 1.807) is 0 Å². The minimum absolute atomic E-state index is 0.258. The van der Waals surface area contributed by atoms with E-state index >= 15 is 0 Å². The van der Waals surface area contributed by atoms with Crippen LogP contribution in [0.3, 0.4) is 0 Å². The number of hydrogen-bond donors (Lipinski definition) is 1. The van der Waals surface area contributed by atoms with Crippen molar-refractivity contribution in [3.8, 4) is 0 Å². The van der Waals surface area contributed by atoms with Gasteiger partial charge in [0.15, 0.2) is 0 Å². The van der Waals surface area contributed by atoms with Crippen LogP contribution in [0.1, 0.15) is 11.3 Å². The van der Waals surface area contributed by atoms with Crippen LogP contribution in [-0.2, 0) is 19.9 Å². The highest BCUT2D eigenvalue weighted by Gasteiger charge is 2.22. The standard InChI is InChI=1S/C16H21BrN2O/c1-18-6-5-16-13(7-11(9-18)10-20)14-8-12(17)3-4-15(14)19(16)2/h3-4,8,11,20H,5-7,9-10H2,1-2H3. The molecule has 1 aliphatic rings. The van der Waals surface area contributed by atoms with Crippen molar-refractivity contribution in [2.24, 2.45) is 13.0 Å². The molecule has 0 fully saturated rings. The van der Waals surface area contributed by atoms with E-state index in [0.29, 0.717) is 5.92 Å². The first-order chi connectivity index (χ1) is 9.60. The van der Waals surface area contributed by atoms with E-state index < -0.39 is 0 Å². The third-order valence-electron chi connectivity index (χ3n) is 4.45. The lowest BCUT2D eigenvalue weighted by Crippen LogP contribution is -2.33. The van der Waals surface area contributed by atoms with Gasteiger partial charge in [-0.1, -0.05) is 15.9 Å². The Kier molecular flexibility index (Phi) is 3.89. The van der Waals surface area contributed by atoms with Gasteiger partial charge in [0.1, 0.15) is 0 Å². The number of benzene rings is 1. The summed E-state index contributed by atoms with van der Waals surface area (Å²) in [5.74, 6) is 0.323. The molecule has 0 saturated heterocycles. The topological polar surface area (TPSA) is 28.4 Å². The van der Waals surface area contributed by atoms with E-state index in [2.05, 4.69) is 57.7 Å². The molecule has 108 valence electrons. The van der Waals surface area contributed by atoms with Gasteiger partial charge >= 0.3 is 0 Å². The molecular weight excluding hydrogens is 316 g/mol. The predicted octanol–water partition coefficient (Wildman–Crippen LogP) is 2.58. The van der Waals surface area contributed by atoms with Crippen LogP contribution in [0.4, 0.5) is 0 Å². The van der Waals surface area contributed by atoms with E-state index in [9.17, 15) is 5.11 Å². The quantitative estimate of drug-likeness (QED) is 0.866. The highest BCUT2D eigenvalue weighted by molar-refractivity contribution is 9.10. The normalized spacial score (nSPS) is 20.7. The van der Waals surface area contributed by atoms with Crippen LogP contribution in [0.25, 0.3) is 10.9 Å². The van der Waals surface area contributed by atoms with Crippen LogP contribution >= 0.6 is 15.9 Å². The van der Waals surface area contributed by atoms with Gasteiger partial charge in [-0.3, -0.25) is 0 Å². The van der Waals surface area contributed by atoms with Crippen LogP contribution in [0.5, 0.6) is 0 Å². The molecule has 3 nitrogen and oxygen atoms in total. The Bertz CT molecular complexity index is 635. The van der Waals surface area contributed by atoms with Crippen LogP contribution in [0.15, 0.2) is 22.7 Å². The number of rotatable bonds is 1. The zero-order chi connectivity index (χ0) is 14.3. The summed E-state index contributed by atoms with van der Waals surface area (Å²) in [5, 5.41) is 11.0. The van der Waals surface area contributed by atoms with Crippen molar-refractivity contribution in [2.45, 2.75) is 12.8 Å². The zero-order valence-electron chi connectivity index (χ0n) is 12.1. The Balaban J connectivity index is 2.17. The number of fused-ring (bicyclic) bond motifs is 3. The summed E-state index contributed by atoms with van der Waals surface area (Å²) in [6.45, 7) is 2.28. The molecule has 3 rings (SSSR count). The Labute approximate surface area is 128 Å². The molecule has 1 atom stereocenters. The highest BCUT2D eigenvalue weighted by atomic mass is 79.9. The van der Waals surface area contributed by atoms with E-state index in [1.807, 2.05) is 0 Å². The molecule has 1 aromatic carbocycles. The highest BCUT2D eigenvalue weighted by Crippen LogP contribution is 2.31. The zero-order valence-corrected chi connectivity index (χ0v) is 13.7. The lowest BCUT2D eigenvalue weighted by atomic mass is 9.94. The average Bonchev–Trinajstić information content (AvgIpc) is 2.65. The predicted molar refractivity (Wildman–Crippen MR) is 86.1 cm³/mol. The van der Waals surface area contributed by atoms with Gasteiger partial charge in [0.25, 0.3) is 0 Å². The smallest absolute Gasteiger partial charge is 0.0483 e. The maximum atomic E-state index is 9.64. The molecule has 1 unspecified atom stereocenters. The molecule has 4 heteroatoms. The summed E-state index contributed by atoms with van der Waals surface area (Å²) in [6, 6.07) is 6.50. The van der Waals surface area contributed by atoms with E-state index in [-0.39, 0.29) is 6.61 Å². The van der Waals surface area contributed by atoms with Gasteiger partial charge in [-0.2, -0.15) is 0 Å². The molecule has 0 radical (unpaired) electrons. The fraction of sp³-hybridized carbons (Fsp3) is 0.500. The second-order valence-corrected chi connectivity index (χ2v) is 6.83. The SMILES string of the molecule is CN1CCc2c(c3cc(Br)ccc3n2C)CC(CO)C1. The van der Waals surface area contributed by atoms with Gasteiger partial charge in [0.05, 0.1) is 0 Å². The van der Waals surface area contributed by atoms with Crippen molar-refractivity contribution in [3.63, 3.8) is 0 Å². The number of aryl methyl sites for hydroxylation is 1. The number of aromatic nitrogens is 1. The molecule has 0 bridgehead atoms. The molecule has 0 aliphatic carbocycles. The number of hydrogen-bond acceptors (Lipinski definition) is 2. The largest absolute Gasteiger partial charge is 0.396 e. The van der Waals surface area contributed by atoms with Crippen molar-refractivity contribution < 1.29 is 5.11 Å². The van der Waals surface area contributed by atoms with Crippen LogP contribution in [-0.4, -0.2) is 41.3 Å². The minimum Gasteiger partial charge on any atom is -0.396 e.